The van der Waals surface area contributed by atoms with Gasteiger partial charge in [0.05, 0.1) is 16.9 Å². The summed E-state index contributed by atoms with van der Waals surface area (Å²) in [6.07, 6.45) is 1.96. The van der Waals surface area contributed by atoms with E-state index in [1.807, 2.05) is 0 Å². The van der Waals surface area contributed by atoms with Crippen molar-refractivity contribution in [2.75, 3.05) is 11.1 Å². The molecule has 0 aliphatic rings. The lowest BCUT2D eigenvalue weighted by Crippen LogP contribution is -2.18. The molecule has 4 N–H and O–H groups in total. The Labute approximate surface area is 95.5 Å². The number of carbonyl (C=O) groups is 1. The van der Waals surface area contributed by atoms with Gasteiger partial charge in [0.1, 0.15) is 0 Å². The van der Waals surface area contributed by atoms with E-state index in [1.165, 1.54) is 6.07 Å². The molecule has 1 rings (SSSR count). The first-order chi connectivity index (χ1) is 7.58. The highest BCUT2D eigenvalue weighted by atomic mass is 16.4. The molecule has 0 aromatic heterocycles. The molecule has 0 saturated heterocycles. The predicted octanol–water partition coefficient (Wildman–Crippen LogP) is 2.57. The number of aromatic carboxylic acids is 1. The number of benzene rings is 1. The fourth-order valence-electron chi connectivity index (χ4n) is 1.53. The molecule has 0 aliphatic heterocycles. The predicted molar refractivity (Wildman–Crippen MR) is 65.8 cm³/mol. The number of carboxylic acid groups (broad SMARTS) is 1. The van der Waals surface area contributed by atoms with E-state index in [9.17, 15) is 4.79 Å². The molecule has 0 bridgehead atoms. The van der Waals surface area contributed by atoms with Crippen LogP contribution < -0.4 is 11.1 Å². The van der Waals surface area contributed by atoms with Crippen LogP contribution in [-0.4, -0.2) is 17.1 Å². The van der Waals surface area contributed by atoms with Gasteiger partial charge >= 0.3 is 5.97 Å². The number of rotatable bonds is 5. The summed E-state index contributed by atoms with van der Waals surface area (Å²) in [7, 11) is 0. The normalized spacial score (nSPS) is 10.4. The maximum absolute atomic E-state index is 10.8. The second-order valence-corrected chi connectivity index (χ2v) is 3.76. The van der Waals surface area contributed by atoms with Crippen LogP contribution in [0.1, 0.15) is 37.0 Å². The maximum atomic E-state index is 10.8. The summed E-state index contributed by atoms with van der Waals surface area (Å²) in [5.41, 5.74) is 7.33. The molecule has 0 spiro atoms. The van der Waals surface area contributed by atoms with Crippen LogP contribution in [0.2, 0.25) is 0 Å². The third-order valence-electron chi connectivity index (χ3n) is 2.65. The summed E-state index contributed by atoms with van der Waals surface area (Å²) >= 11 is 0. The van der Waals surface area contributed by atoms with Gasteiger partial charge < -0.3 is 16.2 Å². The zero-order chi connectivity index (χ0) is 12.1. The average Bonchev–Trinajstić information content (AvgIpc) is 2.27. The van der Waals surface area contributed by atoms with E-state index in [0.717, 1.165) is 12.8 Å². The van der Waals surface area contributed by atoms with Gasteiger partial charge in [-0.1, -0.05) is 13.8 Å². The molecule has 4 heteroatoms. The maximum Gasteiger partial charge on any atom is 0.335 e. The summed E-state index contributed by atoms with van der Waals surface area (Å²) in [4.78, 5) is 10.8. The number of anilines is 2. The first-order valence-corrected chi connectivity index (χ1v) is 5.47. The SMILES string of the molecule is CCC(CC)Nc1cc(C(=O)O)ccc1N. The third kappa shape index (κ3) is 2.89. The largest absolute Gasteiger partial charge is 0.478 e. The van der Waals surface area contributed by atoms with Gasteiger partial charge in [0.25, 0.3) is 0 Å². The fraction of sp³-hybridized carbons (Fsp3) is 0.417. The summed E-state index contributed by atoms with van der Waals surface area (Å²) in [5.74, 6) is -0.937. The van der Waals surface area contributed by atoms with E-state index < -0.39 is 5.97 Å². The van der Waals surface area contributed by atoms with Crippen molar-refractivity contribution in [2.24, 2.45) is 0 Å². The molecule has 88 valence electrons. The average molecular weight is 222 g/mol. The molecule has 16 heavy (non-hydrogen) atoms. The Bertz CT molecular complexity index is 373. The van der Waals surface area contributed by atoms with Crippen LogP contribution >= 0.6 is 0 Å². The molecular weight excluding hydrogens is 204 g/mol. The third-order valence-corrected chi connectivity index (χ3v) is 2.65. The molecule has 0 unspecified atom stereocenters. The Morgan fingerprint density at radius 2 is 2.06 bits per heavy atom. The fourth-order valence-corrected chi connectivity index (χ4v) is 1.53. The quantitative estimate of drug-likeness (QED) is 0.669. The van der Waals surface area contributed by atoms with Gasteiger partial charge in [-0.05, 0) is 31.0 Å². The lowest BCUT2D eigenvalue weighted by Gasteiger charge is -2.18. The van der Waals surface area contributed by atoms with E-state index in [-0.39, 0.29) is 5.56 Å². The number of nitrogens with one attached hydrogen (secondary N) is 1. The van der Waals surface area contributed by atoms with E-state index in [4.69, 9.17) is 10.8 Å². The van der Waals surface area contributed by atoms with Crippen LogP contribution in [0, 0.1) is 0 Å². The number of nitrogen functional groups attached to an aromatic ring is 1. The van der Waals surface area contributed by atoms with Gasteiger partial charge in [-0.2, -0.15) is 0 Å². The highest BCUT2D eigenvalue weighted by molar-refractivity contribution is 5.90. The van der Waals surface area contributed by atoms with E-state index in [2.05, 4.69) is 19.2 Å². The zero-order valence-electron chi connectivity index (χ0n) is 9.66. The lowest BCUT2D eigenvalue weighted by molar-refractivity contribution is 0.0697. The smallest absolute Gasteiger partial charge is 0.335 e. The van der Waals surface area contributed by atoms with Gasteiger partial charge in [0.15, 0.2) is 0 Å². The Hall–Kier alpha value is -1.71. The molecule has 0 radical (unpaired) electrons. The van der Waals surface area contributed by atoms with Crippen LogP contribution in [0.15, 0.2) is 18.2 Å². The lowest BCUT2D eigenvalue weighted by atomic mass is 10.1. The Kier molecular flexibility index (Phi) is 4.17. The van der Waals surface area contributed by atoms with Crippen LogP contribution in [0.5, 0.6) is 0 Å². The van der Waals surface area contributed by atoms with Gasteiger partial charge in [-0.15, -0.1) is 0 Å². The number of hydrogen-bond acceptors (Lipinski definition) is 3. The monoisotopic (exact) mass is 222 g/mol. The Morgan fingerprint density at radius 3 is 2.56 bits per heavy atom. The van der Waals surface area contributed by atoms with Gasteiger partial charge in [-0.3, -0.25) is 0 Å². The minimum absolute atomic E-state index is 0.252. The van der Waals surface area contributed by atoms with Crippen molar-refractivity contribution in [1.82, 2.24) is 0 Å². The van der Waals surface area contributed by atoms with Gasteiger partial charge in [-0.25, -0.2) is 4.79 Å². The number of hydrogen-bond donors (Lipinski definition) is 3. The van der Waals surface area contributed by atoms with Crippen molar-refractivity contribution in [2.45, 2.75) is 32.7 Å². The van der Waals surface area contributed by atoms with E-state index >= 15 is 0 Å². The van der Waals surface area contributed by atoms with E-state index in [0.29, 0.717) is 17.4 Å². The van der Waals surface area contributed by atoms with Gasteiger partial charge in [0.2, 0.25) is 0 Å². The van der Waals surface area contributed by atoms with Crippen LogP contribution in [-0.2, 0) is 0 Å². The molecule has 0 amide bonds. The number of nitrogens with two attached hydrogens (primary N) is 1. The zero-order valence-corrected chi connectivity index (χ0v) is 9.66. The van der Waals surface area contributed by atoms with Crippen molar-refractivity contribution in [3.63, 3.8) is 0 Å². The van der Waals surface area contributed by atoms with Crippen molar-refractivity contribution in [3.8, 4) is 0 Å². The summed E-state index contributed by atoms with van der Waals surface area (Å²) in [6.45, 7) is 4.16. The second-order valence-electron chi connectivity index (χ2n) is 3.76. The van der Waals surface area contributed by atoms with Gasteiger partial charge in [0, 0.05) is 6.04 Å². The van der Waals surface area contributed by atoms with Crippen molar-refractivity contribution in [3.05, 3.63) is 23.8 Å². The van der Waals surface area contributed by atoms with Crippen molar-refractivity contribution < 1.29 is 9.90 Å². The van der Waals surface area contributed by atoms with E-state index in [1.54, 1.807) is 12.1 Å². The highest BCUT2D eigenvalue weighted by Gasteiger charge is 2.09. The molecule has 0 heterocycles. The standard InChI is InChI=1S/C12H18N2O2/c1-3-9(4-2)14-11-7-8(12(15)16)5-6-10(11)13/h5-7,9,14H,3-4,13H2,1-2H3,(H,15,16). The van der Waals surface area contributed by atoms with Crippen molar-refractivity contribution in [1.29, 1.82) is 0 Å². The molecule has 0 fully saturated rings. The molecule has 0 saturated carbocycles. The topological polar surface area (TPSA) is 75.3 Å². The summed E-state index contributed by atoms with van der Waals surface area (Å²) in [6, 6.07) is 5.03. The molecule has 0 aliphatic carbocycles. The van der Waals surface area contributed by atoms with Crippen LogP contribution in [0.3, 0.4) is 0 Å². The molecule has 4 nitrogen and oxygen atoms in total. The van der Waals surface area contributed by atoms with Crippen molar-refractivity contribution >= 4 is 17.3 Å². The Morgan fingerprint density at radius 1 is 1.44 bits per heavy atom. The Balaban J connectivity index is 2.93. The molecule has 1 aromatic carbocycles. The molecule has 1 aromatic rings. The molecular formula is C12H18N2O2. The summed E-state index contributed by atoms with van der Waals surface area (Å²) < 4.78 is 0. The van der Waals surface area contributed by atoms with Crippen LogP contribution in [0.4, 0.5) is 11.4 Å². The highest BCUT2D eigenvalue weighted by Crippen LogP contribution is 2.22. The first-order valence-electron chi connectivity index (χ1n) is 5.47. The molecule has 0 atom stereocenters. The number of carboxylic acids is 1. The second kappa shape index (κ2) is 5.39. The minimum atomic E-state index is -0.937. The van der Waals surface area contributed by atoms with Crippen LogP contribution in [0.25, 0.3) is 0 Å². The first kappa shape index (κ1) is 12.4. The minimum Gasteiger partial charge on any atom is -0.478 e. The summed E-state index contributed by atoms with van der Waals surface area (Å²) in [5, 5.41) is 12.1.